The molecule has 2 aromatic rings. The van der Waals surface area contributed by atoms with Crippen LogP contribution in [-0.2, 0) is 21.5 Å². The molecular formula is C27H38N2O3. The van der Waals surface area contributed by atoms with Crippen molar-refractivity contribution < 1.29 is 14.3 Å². The van der Waals surface area contributed by atoms with E-state index in [1.54, 1.807) is 11.8 Å². The topological polar surface area (TPSA) is 58.6 Å². The fraction of sp³-hybridized carbons (Fsp3) is 0.481. The van der Waals surface area contributed by atoms with Gasteiger partial charge in [0.1, 0.15) is 11.8 Å². The van der Waals surface area contributed by atoms with E-state index in [4.69, 9.17) is 4.74 Å². The van der Waals surface area contributed by atoms with Crippen LogP contribution in [0.4, 0.5) is 0 Å². The van der Waals surface area contributed by atoms with Crippen molar-refractivity contribution >= 4 is 11.8 Å². The Balaban J connectivity index is 2.13. The maximum atomic E-state index is 13.2. The van der Waals surface area contributed by atoms with E-state index < -0.39 is 6.04 Å². The van der Waals surface area contributed by atoms with Gasteiger partial charge < -0.3 is 15.0 Å². The van der Waals surface area contributed by atoms with Crippen molar-refractivity contribution in [3.05, 3.63) is 65.2 Å². The molecule has 0 saturated carbocycles. The number of hydrogen-bond acceptors (Lipinski definition) is 3. The normalized spacial score (nSPS) is 12.4. The summed E-state index contributed by atoms with van der Waals surface area (Å²) in [5.41, 5.74) is 3.35. The van der Waals surface area contributed by atoms with Gasteiger partial charge in [-0.3, -0.25) is 9.59 Å². The van der Waals surface area contributed by atoms with Crippen LogP contribution in [0.1, 0.15) is 58.2 Å². The Bertz CT molecular complexity index is 898. The molecule has 0 fully saturated rings. The van der Waals surface area contributed by atoms with Crippen LogP contribution in [0.25, 0.3) is 0 Å². The van der Waals surface area contributed by atoms with Gasteiger partial charge in [0.25, 0.3) is 5.91 Å². The number of amides is 2. The van der Waals surface area contributed by atoms with Crippen molar-refractivity contribution in [3.8, 4) is 5.75 Å². The quantitative estimate of drug-likeness (QED) is 0.608. The van der Waals surface area contributed by atoms with Gasteiger partial charge in [-0.05, 0) is 54.0 Å². The Morgan fingerprint density at radius 1 is 1.00 bits per heavy atom. The first-order chi connectivity index (χ1) is 15.0. The second kappa shape index (κ2) is 11.2. The van der Waals surface area contributed by atoms with Crippen LogP contribution in [0.15, 0.2) is 48.5 Å². The highest BCUT2D eigenvalue weighted by Gasteiger charge is 2.27. The summed E-state index contributed by atoms with van der Waals surface area (Å²) in [6.45, 7) is 15.1. The largest absolute Gasteiger partial charge is 0.484 e. The molecule has 5 heteroatoms. The molecule has 0 saturated heterocycles. The zero-order valence-corrected chi connectivity index (χ0v) is 20.6. The minimum Gasteiger partial charge on any atom is -0.484 e. The number of nitrogens with one attached hydrogen (secondary N) is 1. The lowest BCUT2D eigenvalue weighted by Crippen LogP contribution is -2.49. The van der Waals surface area contributed by atoms with E-state index in [9.17, 15) is 9.59 Å². The van der Waals surface area contributed by atoms with E-state index >= 15 is 0 Å². The molecule has 0 radical (unpaired) electrons. The third kappa shape index (κ3) is 7.40. The zero-order chi connectivity index (χ0) is 23.9. The maximum absolute atomic E-state index is 13.2. The average molecular weight is 439 g/mol. The van der Waals surface area contributed by atoms with Gasteiger partial charge in [0.05, 0.1) is 0 Å². The molecule has 1 atom stereocenters. The number of aryl methyl sites for hydroxylation is 1. The maximum Gasteiger partial charge on any atom is 0.261 e. The van der Waals surface area contributed by atoms with Crippen LogP contribution in [0.3, 0.4) is 0 Å². The molecule has 0 bridgehead atoms. The van der Waals surface area contributed by atoms with E-state index in [-0.39, 0.29) is 23.8 Å². The first kappa shape index (κ1) is 25.4. The second-order valence-electron chi connectivity index (χ2n) is 9.83. The second-order valence-corrected chi connectivity index (χ2v) is 9.83. The van der Waals surface area contributed by atoms with Gasteiger partial charge in [0.15, 0.2) is 6.61 Å². The van der Waals surface area contributed by atoms with E-state index in [1.807, 2.05) is 69.3 Å². The standard InChI is InChI=1S/C27H38N2O3/c1-19(2)16-28-26(31)21(4)29(17-22-11-9-8-10-20(22)3)25(30)18-32-24-14-12-23(13-15-24)27(5,6)7/h8-15,19,21H,16-18H2,1-7H3,(H,28,31)/t21-/m1/s1. The van der Waals surface area contributed by atoms with E-state index in [0.717, 1.165) is 11.1 Å². The van der Waals surface area contributed by atoms with Crippen molar-refractivity contribution in [2.45, 2.75) is 66.5 Å². The molecule has 0 spiro atoms. The third-order valence-corrected chi connectivity index (χ3v) is 5.54. The molecule has 0 aliphatic heterocycles. The Labute approximate surface area is 193 Å². The number of ether oxygens (including phenoxy) is 1. The minimum atomic E-state index is -0.604. The summed E-state index contributed by atoms with van der Waals surface area (Å²) in [6.07, 6.45) is 0. The minimum absolute atomic E-state index is 0.0530. The molecule has 0 aliphatic rings. The highest BCUT2D eigenvalue weighted by atomic mass is 16.5. The van der Waals surface area contributed by atoms with E-state index in [0.29, 0.717) is 24.8 Å². The summed E-state index contributed by atoms with van der Waals surface area (Å²) in [5, 5.41) is 2.94. The van der Waals surface area contributed by atoms with Gasteiger partial charge in [0.2, 0.25) is 5.91 Å². The van der Waals surface area contributed by atoms with Crippen molar-refractivity contribution in [1.82, 2.24) is 10.2 Å². The lowest BCUT2D eigenvalue weighted by Gasteiger charge is -2.29. The molecule has 0 aliphatic carbocycles. The molecule has 5 nitrogen and oxygen atoms in total. The van der Waals surface area contributed by atoms with Crippen LogP contribution in [-0.4, -0.2) is 35.9 Å². The monoisotopic (exact) mass is 438 g/mol. The first-order valence-corrected chi connectivity index (χ1v) is 11.3. The van der Waals surface area contributed by atoms with Crippen molar-refractivity contribution in [1.29, 1.82) is 0 Å². The SMILES string of the molecule is Cc1ccccc1CN(C(=O)COc1ccc(C(C)(C)C)cc1)[C@H](C)C(=O)NCC(C)C. The number of rotatable bonds is 9. The summed E-state index contributed by atoms with van der Waals surface area (Å²) in [5.74, 6) is 0.598. The van der Waals surface area contributed by atoms with E-state index in [2.05, 4.69) is 26.1 Å². The fourth-order valence-corrected chi connectivity index (χ4v) is 3.29. The van der Waals surface area contributed by atoms with Crippen molar-refractivity contribution in [2.75, 3.05) is 13.2 Å². The van der Waals surface area contributed by atoms with Gasteiger partial charge in [0, 0.05) is 13.1 Å². The van der Waals surface area contributed by atoms with Crippen LogP contribution in [0.2, 0.25) is 0 Å². The predicted molar refractivity (Wildman–Crippen MR) is 130 cm³/mol. The van der Waals surface area contributed by atoms with Gasteiger partial charge in [-0.2, -0.15) is 0 Å². The fourth-order valence-electron chi connectivity index (χ4n) is 3.29. The highest BCUT2D eigenvalue weighted by Crippen LogP contribution is 2.24. The molecule has 0 aromatic heterocycles. The van der Waals surface area contributed by atoms with Crippen LogP contribution in [0, 0.1) is 12.8 Å². The summed E-state index contributed by atoms with van der Waals surface area (Å²) < 4.78 is 5.79. The van der Waals surface area contributed by atoms with Gasteiger partial charge in [-0.1, -0.05) is 71.0 Å². The van der Waals surface area contributed by atoms with Crippen molar-refractivity contribution in [3.63, 3.8) is 0 Å². The summed E-state index contributed by atoms with van der Waals surface area (Å²) in [6, 6.07) is 15.1. The van der Waals surface area contributed by atoms with Crippen LogP contribution < -0.4 is 10.1 Å². The number of hydrogen-bond donors (Lipinski definition) is 1. The molecule has 2 aromatic carbocycles. The zero-order valence-electron chi connectivity index (χ0n) is 20.6. The summed E-state index contributed by atoms with van der Waals surface area (Å²) >= 11 is 0. The van der Waals surface area contributed by atoms with Gasteiger partial charge in [-0.15, -0.1) is 0 Å². The third-order valence-electron chi connectivity index (χ3n) is 5.54. The predicted octanol–water partition coefficient (Wildman–Crippen LogP) is 4.86. The molecule has 0 unspecified atom stereocenters. The van der Waals surface area contributed by atoms with Crippen molar-refractivity contribution in [2.24, 2.45) is 5.92 Å². The number of carbonyl (C=O) groups excluding carboxylic acids is 2. The molecule has 32 heavy (non-hydrogen) atoms. The van der Waals surface area contributed by atoms with E-state index in [1.165, 1.54) is 5.56 Å². The number of carbonyl (C=O) groups is 2. The molecular weight excluding hydrogens is 400 g/mol. The number of nitrogens with zero attached hydrogens (tertiary/aromatic N) is 1. The molecule has 2 rings (SSSR count). The lowest BCUT2D eigenvalue weighted by molar-refractivity contribution is -0.142. The first-order valence-electron chi connectivity index (χ1n) is 11.3. The summed E-state index contributed by atoms with van der Waals surface area (Å²) in [7, 11) is 0. The highest BCUT2D eigenvalue weighted by molar-refractivity contribution is 5.88. The Morgan fingerprint density at radius 3 is 2.19 bits per heavy atom. The van der Waals surface area contributed by atoms with Gasteiger partial charge >= 0.3 is 0 Å². The average Bonchev–Trinajstić information content (AvgIpc) is 2.74. The van der Waals surface area contributed by atoms with Crippen LogP contribution in [0.5, 0.6) is 5.75 Å². The Hall–Kier alpha value is -2.82. The Morgan fingerprint density at radius 2 is 1.62 bits per heavy atom. The molecule has 0 heterocycles. The molecule has 1 N–H and O–H groups in total. The number of benzene rings is 2. The van der Waals surface area contributed by atoms with Gasteiger partial charge in [-0.25, -0.2) is 0 Å². The summed E-state index contributed by atoms with van der Waals surface area (Å²) in [4.78, 5) is 27.5. The Kier molecular flexibility index (Phi) is 8.88. The van der Waals surface area contributed by atoms with Crippen LogP contribution >= 0.6 is 0 Å². The smallest absolute Gasteiger partial charge is 0.261 e. The lowest BCUT2D eigenvalue weighted by atomic mass is 9.87. The molecule has 2 amide bonds. The molecule has 174 valence electrons.